The van der Waals surface area contributed by atoms with Gasteiger partial charge in [0.05, 0.1) is 11.1 Å². The Morgan fingerprint density at radius 3 is 2.33 bits per heavy atom. The minimum atomic E-state index is -0.132. The summed E-state index contributed by atoms with van der Waals surface area (Å²) >= 11 is 6.13. The second kappa shape index (κ2) is 7.52. The number of hydrogen-bond acceptors (Lipinski definition) is 2. The Morgan fingerprint density at radius 2 is 1.67 bits per heavy atom. The molecule has 0 saturated carbocycles. The van der Waals surface area contributed by atoms with E-state index in [1.54, 1.807) is 0 Å². The molecule has 2 nitrogen and oxygen atoms in total. The van der Waals surface area contributed by atoms with Gasteiger partial charge < -0.3 is 5.21 Å². The Bertz CT molecular complexity index is 258. The van der Waals surface area contributed by atoms with Crippen LogP contribution in [0, 0.1) is 0 Å². The third-order valence-electron chi connectivity index (χ3n) is 2.48. The van der Waals surface area contributed by atoms with Gasteiger partial charge in [0.1, 0.15) is 0 Å². The van der Waals surface area contributed by atoms with E-state index in [9.17, 15) is 0 Å². The van der Waals surface area contributed by atoms with Gasteiger partial charge in [-0.25, -0.2) is 0 Å². The fraction of sp³-hybridized carbons (Fsp3) is 0.583. The van der Waals surface area contributed by atoms with Gasteiger partial charge in [0.25, 0.3) is 0 Å². The molecular weight excluding hydrogens is 210 g/mol. The van der Waals surface area contributed by atoms with Gasteiger partial charge in [0.15, 0.2) is 0 Å². The van der Waals surface area contributed by atoms with E-state index in [4.69, 9.17) is 16.8 Å². The van der Waals surface area contributed by atoms with Crippen LogP contribution in [0.1, 0.15) is 38.5 Å². The highest BCUT2D eigenvalue weighted by atomic mass is 35.5. The third kappa shape index (κ3) is 5.03. The van der Waals surface area contributed by atoms with Crippen LogP contribution < -0.4 is 0 Å². The molecule has 15 heavy (non-hydrogen) atoms. The van der Waals surface area contributed by atoms with Crippen molar-refractivity contribution < 1.29 is 5.21 Å². The van der Waals surface area contributed by atoms with Crippen LogP contribution in [0.3, 0.4) is 0 Å². The molecule has 0 fully saturated rings. The molecule has 0 saturated heterocycles. The Balaban J connectivity index is 2.55. The van der Waals surface area contributed by atoms with Gasteiger partial charge in [-0.3, -0.25) is 0 Å². The first-order chi connectivity index (χ1) is 7.34. The summed E-state index contributed by atoms with van der Waals surface area (Å²) < 4.78 is 0. The van der Waals surface area contributed by atoms with Crippen LogP contribution in [0.5, 0.6) is 0 Å². The summed E-state index contributed by atoms with van der Waals surface area (Å²) in [5.41, 5.74) is 0.704. The Kier molecular flexibility index (Phi) is 6.17. The molecule has 0 amide bonds. The maximum absolute atomic E-state index is 8.83. The molecule has 1 aliphatic carbocycles. The van der Waals surface area contributed by atoms with Crippen LogP contribution in [0.2, 0.25) is 0 Å². The number of hydrogen-bond donors (Lipinski definition) is 1. The molecule has 1 aliphatic rings. The number of nitrogens with zero attached hydrogens (tertiary/aromatic N) is 1. The monoisotopic (exact) mass is 227 g/mol. The zero-order chi connectivity index (χ0) is 10.9. The van der Waals surface area contributed by atoms with Crippen molar-refractivity contribution in [1.82, 2.24) is 0 Å². The number of allylic oxidation sites excluding steroid dienone is 4. The molecule has 0 heterocycles. The fourth-order valence-electron chi connectivity index (χ4n) is 1.57. The molecule has 0 spiro atoms. The van der Waals surface area contributed by atoms with Crippen molar-refractivity contribution in [2.24, 2.45) is 5.16 Å². The summed E-state index contributed by atoms with van der Waals surface area (Å²) in [7, 11) is 0. The van der Waals surface area contributed by atoms with E-state index in [1.807, 2.05) is 0 Å². The van der Waals surface area contributed by atoms with Gasteiger partial charge in [-0.2, -0.15) is 0 Å². The molecule has 84 valence electrons. The number of oxime groups is 1. The van der Waals surface area contributed by atoms with Gasteiger partial charge in [-0.15, -0.1) is 11.6 Å². The van der Waals surface area contributed by atoms with E-state index in [2.05, 4.69) is 29.5 Å². The van der Waals surface area contributed by atoms with Gasteiger partial charge in [-0.1, -0.05) is 29.5 Å². The zero-order valence-electron chi connectivity index (χ0n) is 8.90. The molecule has 1 N–H and O–H groups in total. The van der Waals surface area contributed by atoms with Gasteiger partial charge in [-0.05, 0) is 38.5 Å². The molecule has 1 rings (SSSR count). The summed E-state index contributed by atoms with van der Waals surface area (Å²) in [6, 6.07) is 0. The quantitative estimate of drug-likeness (QED) is 0.290. The average Bonchev–Trinajstić information content (AvgIpc) is 2.23. The summed E-state index contributed by atoms with van der Waals surface area (Å²) in [5.74, 6) is 0. The molecule has 0 aliphatic heterocycles. The summed E-state index contributed by atoms with van der Waals surface area (Å²) in [4.78, 5) is 0. The maximum atomic E-state index is 8.83. The van der Waals surface area contributed by atoms with Crippen LogP contribution >= 0.6 is 11.6 Å². The van der Waals surface area contributed by atoms with Crippen LogP contribution in [-0.4, -0.2) is 16.3 Å². The van der Waals surface area contributed by atoms with Gasteiger partial charge in [0, 0.05) is 0 Å². The molecule has 0 aromatic heterocycles. The summed E-state index contributed by atoms with van der Waals surface area (Å²) in [6.07, 6.45) is 14.3. The van der Waals surface area contributed by atoms with Crippen molar-refractivity contribution in [3.05, 3.63) is 24.3 Å². The lowest BCUT2D eigenvalue weighted by molar-refractivity contribution is 0.316. The number of rotatable bonds is 0. The van der Waals surface area contributed by atoms with Crippen molar-refractivity contribution in [1.29, 1.82) is 0 Å². The Hall–Kier alpha value is -0.760. The molecule has 0 bridgehead atoms. The van der Waals surface area contributed by atoms with Crippen molar-refractivity contribution in [3.8, 4) is 0 Å². The highest BCUT2D eigenvalue weighted by molar-refractivity contribution is 6.32. The van der Waals surface area contributed by atoms with E-state index < -0.39 is 0 Å². The third-order valence-corrected chi connectivity index (χ3v) is 2.95. The highest BCUT2D eigenvalue weighted by Gasteiger charge is 2.12. The minimum Gasteiger partial charge on any atom is -0.411 e. The second-order valence-corrected chi connectivity index (χ2v) is 4.22. The SMILES string of the molecule is ON=C1CCC=CCCC=CCCC1Cl. The lowest BCUT2D eigenvalue weighted by atomic mass is 10.1. The second-order valence-electron chi connectivity index (χ2n) is 3.70. The van der Waals surface area contributed by atoms with E-state index in [1.165, 1.54) is 0 Å². The molecule has 0 aromatic rings. The lowest BCUT2D eigenvalue weighted by Gasteiger charge is -2.09. The summed E-state index contributed by atoms with van der Waals surface area (Å²) in [6.45, 7) is 0. The van der Waals surface area contributed by atoms with Crippen molar-refractivity contribution in [2.45, 2.75) is 43.9 Å². The van der Waals surface area contributed by atoms with Crippen LogP contribution in [-0.2, 0) is 0 Å². The first-order valence-electron chi connectivity index (χ1n) is 5.49. The molecule has 1 unspecified atom stereocenters. The molecule has 1 atom stereocenters. The topological polar surface area (TPSA) is 32.6 Å². The predicted molar refractivity (Wildman–Crippen MR) is 64.8 cm³/mol. The predicted octanol–water partition coefficient (Wildman–Crippen LogP) is 3.89. The zero-order valence-corrected chi connectivity index (χ0v) is 9.66. The maximum Gasteiger partial charge on any atom is 0.0754 e. The van der Waals surface area contributed by atoms with E-state index in [-0.39, 0.29) is 5.38 Å². The summed E-state index contributed by atoms with van der Waals surface area (Å²) in [5, 5.41) is 12.0. The van der Waals surface area contributed by atoms with Crippen molar-refractivity contribution in [3.63, 3.8) is 0 Å². The van der Waals surface area contributed by atoms with E-state index in [0.29, 0.717) is 5.71 Å². The first kappa shape index (κ1) is 12.3. The standard InChI is InChI=1S/C12H18ClNO/c13-11-9-7-5-3-1-2-4-6-8-10-12(11)14-15/h3-6,11,15H,1-2,7-10H2. The van der Waals surface area contributed by atoms with Crippen molar-refractivity contribution in [2.75, 3.05) is 0 Å². The van der Waals surface area contributed by atoms with Crippen LogP contribution in [0.25, 0.3) is 0 Å². The van der Waals surface area contributed by atoms with E-state index in [0.717, 1.165) is 38.5 Å². The fourth-order valence-corrected chi connectivity index (χ4v) is 1.85. The average molecular weight is 228 g/mol. The number of alkyl halides is 1. The lowest BCUT2D eigenvalue weighted by Crippen LogP contribution is -2.14. The largest absolute Gasteiger partial charge is 0.411 e. The normalized spacial score (nSPS) is 27.3. The van der Waals surface area contributed by atoms with E-state index >= 15 is 0 Å². The van der Waals surface area contributed by atoms with Crippen molar-refractivity contribution >= 4 is 17.3 Å². The first-order valence-corrected chi connectivity index (χ1v) is 5.93. The van der Waals surface area contributed by atoms with Gasteiger partial charge in [0.2, 0.25) is 0 Å². The van der Waals surface area contributed by atoms with Gasteiger partial charge >= 0.3 is 0 Å². The molecular formula is C12H18ClNO. The highest BCUT2D eigenvalue weighted by Crippen LogP contribution is 2.13. The molecule has 3 heteroatoms. The molecule has 0 radical (unpaired) electrons. The Labute approximate surface area is 96.3 Å². The minimum absolute atomic E-state index is 0.132. The number of halogens is 1. The smallest absolute Gasteiger partial charge is 0.0754 e. The van der Waals surface area contributed by atoms with Crippen LogP contribution in [0.15, 0.2) is 29.5 Å². The van der Waals surface area contributed by atoms with Crippen LogP contribution in [0.4, 0.5) is 0 Å². The Morgan fingerprint density at radius 1 is 1.07 bits per heavy atom. The molecule has 0 aromatic carbocycles.